The molecule has 3 N–H and O–H groups in total. The van der Waals surface area contributed by atoms with E-state index in [9.17, 15) is 20.1 Å². The topological polar surface area (TPSA) is 99.5 Å². The Hall–Kier alpha value is -0.950. The van der Waals surface area contributed by atoms with Crippen LogP contribution in [0.5, 0.6) is 0 Å². The Bertz CT molecular complexity index is 552. The van der Waals surface area contributed by atoms with Gasteiger partial charge in [0.25, 0.3) is 0 Å². The highest BCUT2D eigenvalue weighted by molar-refractivity contribution is 5.91. The molecule has 0 unspecified atom stereocenters. The van der Waals surface area contributed by atoms with Gasteiger partial charge in [-0.3, -0.25) is 0 Å². The van der Waals surface area contributed by atoms with Crippen molar-refractivity contribution in [3.05, 3.63) is 12.2 Å². The minimum Gasteiger partial charge on any atom is -0.458 e. The van der Waals surface area contributed by atoms with E-state index in [1.165, 1.54) is 6.92 Å². The highest BCUT2D eigenvalue weighted by Crippen LogP contribution is 2.68. The number of aliphatic hydroxyl groups excluding tert-OH is 1. The molecule has 4 fully saturated rings. The van der Waals surface area contributed by atoms with Gasteiger partial charge in [0, 0.05) is 11.5 Å². The molecule has 0 amide bonds. The number of rotatable bonds is 0. The molecule has 116 valence electrons. The average molecular weight is 296 g/mol. The van der Waals surface area contributed by atoms with E-state index in [-0.39, 0.29) is 5.92 Å². The van der Waals surface area contributed by atoms with E-state index in [0.29, 0.717) is 18.4 Å². The highest BCUT2D eigenvalue weighted by Gasteiger charge is 2.85. The minimum absolute atomic E-state index is 0.255. The molecule has 4 rings (SSSR count). The molecule has 2 saturated heterocycles. The van der Waals surface area contributed by atoms with Gasteiger partial charge in [0.15, 0.2) is 0 Å². The molecule has 2 saturated carbocycles. The zero-order chi connectivity index (χ0) is 15.4. The maximum Gasteiger partial charge on any atom is 0.334 e. The van der Waals surface area contributed by atoms with Gasteiger partial charge in [-0.1, -0.05) is 6.58 Å². The molecule has 6 nitrogen and oxygen atoms in total. The van der Waals surface area contributed by atoms with Gasteiger partial charge in [-0.25, -0.2) is 4.79 Å². The first kappa shape index (κ1) is 13.7. The Morgan fingerprint density at radius 2 is 2.00 bits per heavy atom. The molecule has 0 radical (unpaired) electrons. The summed E-state index contributed by atoms with van der Waals surface area (Å²) in [6.07, 6.45) is -1.40. The van der Waals surface area contributed by atoms with Crippen LogP contribution in [0.2, 0.25) is 0 Å². The first-order chi connectivity index (χ1) is 9.64. The molecule has 2 aliphatic carbocycles. The number of ether oxygens (including phenoxy) is 2. The third-order valence-corrected chi connectivity index (χ3v) is 6.13. The Balaban J connectivity index is 1.87. The van der Waals surface area contributed by atoms with E-state index in [0.717, 1.165) is 0 Å². The van der Waals surface area contributed by atoms with E-state index in [2.05, 4.69) is 6.58 Å². The fourth-order valence-electron chi connectivity index (χ4n) is 4.90. The molecule has 4 aliphatic rings. The Kier molecular flexibility index (Phi) is 2.29. The molecule has 2 aliphatic heterocycles. The normalized spacial score (nSPS) is 61.7. The van der Waals surface area contributed by atoms with Crippen LogP contribution in [-0.2, 0) is 14.3 Å². The summed E-state index contributed by atoms with van der Waals surface area (Å²) < 4.78 is 11.1. The lowest BCUT2D eigenvalue weighted by Crippen LogP contribution is -2.56. The van der Waals surface area contributed by atoms with Crippen LogP contribution in [0.1, 0.15) is 26.7 Å². The van der Waals surface area contributed by atoms with Gasteiger partial charge in [-0.15, -0.1) is 0 Å². The van der Waals surface area contributed by atoms with Crippen LogP contribution in [0.3, 0.4) is 0 Å². The van der Waals surface area contributed by atoms with Gasteiger partial charge < -0.3 is 24.8 Å². The number of hydrogen-bond acceptors (Lipinski definition) is 6. The second-order valence-corrected chi connectivity index (χ2v) is 7.29. The van der Waals surface area contributed by atoms with Crippen molar-refractivity contribution in [1.29, 1.82) is 0 Å². The van der Waals surface area contributed by atoms with Crippen LogP contribution in [0.15, 0.2) is 12.2 Å². The summed E-state index contributed by atoms with van der Waals surface area (Å²) in [4.78, 5) is 11.8. The standard InChI is InChI=1S/C15H20O6/c1-6-7-4-5-13(2,18)15-9(8(7)20-12(6)17)14(3,19)10(16)11(15)21-15/h7-11,16,18-19H,1,4-5H2,2-3H3/t7-,8-,9-,10+,11+,13+,14-,15-/m0/s1. The van der Waals surface area contributed by atoms with E-state index in [1.54, 1.807) is 6.92 Å². The van der Waals surface area contributed by atoms with Gasteiger partial charge in [0.1, 0.15) is 23.9 Å². The Morgan fingerprint density at radius 3 is 2.67 bits per heavy atom. The summed E-state index contributed by atoms with van der Waals surface area (Å²) in [6, 6.07) is 0. The SMILES string of the molecule is C=C1C(=O)O[C@H]2[C@H]1CC[C@@](C)(O)[C@@]13O[C@@H]1[C@@H](O)[C@@](C)(O)[C@H]23. The van der Waals surface area contributed by atoms with E-state index in [1.807, 2.05) is 0 Å². The molecule has 8 atom stereocenters. The van der Waals surface area contributed by atoms with Crippen molar-refractivity contribution in [2.24, 2.45) is 11.8 Å². The molecule has 2 heterocycles. The number of carbonyl (C=O) groups is 1. The lowest BCUT2D eigenvalue weighted by Gasteiger charge is -2.40. The van der Waals surface area contributed by atoms with E-state index in [4.69, 9.17) is 9.47 Å². The number of esters is 1. The number of fused-ring (bicyclic) bond motifs is 2. The van der Waals surface area contributed by atoms with Gasteiger partial charge in [-0.2, -0.15) is 0 Å². The fourth-order valence-corrected chi connectivity index (χ4v) is 4.90. The predicted molar refractivity (Wildman–Crippen MR) is 70.1 cm³/mol. The highest BCUT2D eigenvalue weighted by atomic mass is 16.7. The average Bonchev–Trinajstić information content (AvgIpc) is 3.03. The zero-order valence-corrected chi connectivity index (χ0v) is 12.1. The van der Waals surface area contributed by atoms with Gasteiger partial charge in [-0.05, 0) is 26.7 Å². The quantitative estimate of drug-likeness (QED) is 0.317. The molecule has 0 aromatic rings. The molecular weight excluding hydrogens is 276 g/mol. The van der Waals surface area contributed by atoms with Crippen molar-refractivity contribution in [3.63, 3.8) is 0 Å². The molecule has 0 aromatic heterocycles. The first-order valence-corrected chi connectivity index (χ1v) is 7.35. The summed E-state index contributed by atoms with van der Waals surface area (Å²) in [5, 5.41) is 32.0. The lowest BCUT2D eigenvalue weighted by atomic mass is 9.73. The van der Waals surface area contributed by atoms with Crippen molar-refractivity contribution >= 4 is 5.97 Å². The number of aliphatic hydroxyl groups is 3. The number of epoxide rings is 1. The fraction of sp³-hybridized carbons (Fsp3) is 0.800. The van der Waals surface area contributed by atoms with Crippen molar-refractivity contribution < 1.29 is 29.6 Å². The summed E-state index contributed by atoms with van der Waals surface area (Å²) in [5.41, 5.74) is -3.35. The smallest absolute Gasteiger partial charge is 0.334 e. The molecule has 0 bridgehead atoms. The number of hydrogen-bond donors (Lipinski definition) is 3. The second kappa shape index (κ2) is 3.51. The van der Waals surface area contributed by atoms with Gasteiger partial charge >= 0.3 is 5.97 Å². The van der Waals surface area contributed by atoms with Crippen LogP contribution in [0, 0.1) is 11.8 Å². The largest absolute Gasteiger partial charge is 0.458 e. The molecule has 1 spiro atoms. The summed E-state index contributed by atoms with van der Waals surface area (Å²) in [5.74, 6) is -1.39. The minimum atomic E-state index is -1.48. The third-order valence-electron chi connectivity index (χ3n) is 6.13. The van der Waals surface area contributed by atoms with Crippen molar-refractivity contribution in [2.45, 2.75) is 61.8 Å². The molecule has 21 heavy (non-hydrogen) atoms. The van der Waals surface area contributed by atoms with Gasteiger partial charge in [0.05, 0.1) is 17.1 Å². The van der Waals surface area contributed by atoms with Crippen molar-refractivity contribution in [1.82, 2.24) is 0 Å². The predicted octanol–water partition coefficient (Wildman–Crippen LogP) is -0.492. The summed E-state index contributed by atoms with van der Waals surface area (Å²) in [7, 11) is 0. The van der Waals surface area contributed by atoms with Crippen LogP contribution in [0.4, 0.5) is 0 Å². The Morgan fingerprint density at radius 1 is 1.33 bits per heavy atom. The summed E-state index contributed by atoms with van der Waals surface area (Å²) in [6.45, 7) is 6.97. The first-order valence-electron chi connectivity index (χ1n) is 7.35. The lowest BCUT2D eigenvalue weighted by molar-refractivity contribution is -0.178. The van der Waals surface area contributed by atoms with Crippen molar-refractivity contribution in [3.8, 4) is 0 Å². The third kappa shape index (κ3) is 1.31. The Labute approximate surface area is 122 Å². The monoisotopic (exact) mass is 296 g/mol. The van der Waals surface area contributed by atoms with Gasteiger partial charge in [0.2, 0.25) is 0 Å². The van der Waals surface area contributed by atoms with E-state index >= 15 is 0 Å². The summed E-state index contributed by atoms with van der Waals surface area (Å²) >= 11 is 0. The van der Waals surface area contributed by atoms with Crippen LogP contribution in [0.25, 0.3) is 0 Å². The maximum atomic E-state index is 11.8. The van der Waals surface area contributed by atoms with Crippen LogP contribution >= 0.6 is 0 Å². The van der Waals surface area contributed by atoms with Crippen LogP contribution < -0.4 is 0 Å². The van der Waals surface area contributed by atoms with E-state index < -0.39 is 47.0 Å². The van der Waals surface area contributed by atoms with Crippen molar-refractivity contribution in [2.75, 3.05) is 0 Å². The number of carbonyl (C=O) groups excluding carboxylic acids is 1. The van der Waals surface area contributed by atoms with Crippen LogP contribution in [-0.4, -0.2) is 56.4 Å². The molecule has 6 heteroatoms. The molecule has 0 aromatic carbocycles. The second-order valence-electron chi connectivity index (χ2n) is 7.29. The maximum absolute atomic E-state index is 11.8. The molecular formula is C15H20O6. The zero-order valence-electron chi connectivity index (χ0n) is 12.1.